The summed E-state index contributed by atoms with van der Waals surface area (Å²) >= 11 is 8.23. The van der Waals surface area contributed by atoms with E-state index in [1.54, 1.807) is 41.4 Å². The number of non-ortho nitro benzene ring substituents is 1. The first kappa shape index (κ1) is 23.0. The lowest BCUT2D eigenvalue weighted by Crippen LogP contribution is -2.48. The van der Waals surface area contributed by atoms with E-state index in [0.717, 1.165) is 5.56 Å². The predicted octanol–water partition coefficient (Wildman–Crippen LogP) is 5.81. The zero-order chi connectivity index (χ0) is 24.5. The van der Waals surface area contributed by atoms with Crippen molar-refractivity contribution in [3.63, 3.8) is 0 Å². The Balaban J connectivity index is 1.62. The number of nitro benzene ring substituents is 1. The van der Waals surface area contributed by atoms with Crippen LogP contribution in [0.4, 0.5) is 11.4 Å². The molecule has 0 aliphatic carbocycles. The Kier molecular flexibility index (Phi) is 6.22. The van der Waals surface area contributed by atoms with Crippen molar-refractivity contribution in [1.82, 2.24) is 20.6 Å². The minimum absolute atomic E-state index is 0.0856. The number of hydrogen-bond donors (Lipinski definition) is 2. The number of aliphatic imine (C=N–C) groups is 1. The van der Waals surface area contributed by atoms with Crippen LogP contribution in [0.3, 0.4) is 0 Å². The normalized spacial score (nSPS) is 14.7. The van der Waals surface area contributed by atoms with Gasteiger partial charge in [-0.05, 0) is 40.8 Å². The fraction of sp³-hybridized carbons (Fsp3) is 0.0417. The van der Waals surface area contributed by atoms with Crippen LogP contribution in [-0.4, -0.2) is 31.9 Å². The van der Waals surface area contributed by atoms with Crippen molar-refractivity contribution >= 4 is 57.3 Å². The second-order valence-corrected chi connectivity index (χ2v) is 9.22. The first-order valence-electron chi connectivity index (χ1n) is 10.4. The second kappa shape index (κ2) is 9.47. The van der Waals surface area contributed by atoms with Crippen LogP contribution in [0.5, 0.6) is 0 Å². The van der Waals surface area contributed by atoms with Crippen LogP contribution < -0.4 is 5.43 Å². The third-order valence-corrected chi connectivity index (χ3v) is 6.76. The molecule has 0 spiro atoms. The molecule has 2 N–H and O–H groups in total. The van der Waals surface area contributed by atoms with E-state index >= 15 is 0 Å². The van der Waals surface area contributed by atoms with Gasteiger partial charge in [0.1, 0.15) is 15.4 Å². The van der Waals surface area contributed by atoms with E-state index in [2.05, 4.69) is 38.2 Å². The lowest BCUT2D eigenvalue weighted by atomic mass is 10.1. The van der Waals surface area contributed by atoms with Crippen molar-refractivity contribution in [2.24, 2.45) is 4.99 Å². The molecule has 1 atom stereocenters. The van der Waals surface area contributed by atoms with Gasteiger partial charge in [0.25, 0.3) is 11.6 Å². The number of amides is 1. The van der Waals surface area contributed by atoms with E-state index in [-0.39, 0.29) is 5.69 Å². The number of aromatic nitrogens is 2. The van der Waals surface area contributed by atoms with Crippen LogP contribution in [0.2, 0.25) is 5.02 Å². The Labute approximate surface area is 218 Å². The maximum atomic E-state index is 13.1. The van der Waals surface area contributed by atoms with Crippen molar-refractivity contribution in [2.75, 3.05) is 0 Å². The van der Waals surface area contributed by atoms with Gasteiger partial charge in [-0.1, -0.05) is 60.1 Å². The molecule has 1 unspecified atom stereocenters. The fourth-order valence-electron chi connectivity index (χ4n) is 3.70. The molecule has 4 aromatic rings. The van der Waals surface area contributed by atoms with Crippen LogP contribution in [0.15, 0.2) is 83.9 Å². The SMILES string of the molecule is O=C(NN1C(c2cccc([N+](=O)[O-])c2)=Nc2c(-c3ccccc3)n[nH]c2C1I)c1cccc(Cl)c1. The Morgan fingerprint density at radius 1 is 1.06 bits per heavy atom. The average molecular weight is 599 g/mol. The summed E-state index contributed by atoms with van der Waals surface area (Å²) in [6, 6.07) is 22.3. The number of halogens is 2. The Morgan fingerprint density at radius 2 is 1.80 bits per heavy atom. The van der Waals surface area contributed by atoms with E-state index in [9.17, 15) is 14.9 Å². The van der Waals surface area contributed by atoms with E-state index in [1.807, 2.05) is 30.3 Å². The van der Waals surface area contributed by atoms with Crippen LogP contribution in [0.1, 0.15) is 25.7 Å². The molecule has 0 fully saturated rings. The maximum absolute atomic E-state index is 13.1. The molecule has 11 heteroatoms. The Hall–Kier alpha value is -3.77. The summed E-state index contributed by atoms with van der Waals surface area (Å²) < 4.78 is -0.442. The smallest absolute Gasteiger partial charge is 0.270 e. The highest BCUT2D eigenvalue weighted by Crippen LogP contribution is 2.43. The van der Waals surface area contributed by atoms with Gasteiger partial charge in [0.05, 0.1) is 10.6 Å². The zero-order valence-corrected chi connectivity index (χ0v) is 20.8. The van der Waals surface area contributed by atoms with Crippen LogP contribution >= 0.6 is 34.2 Å². The molecule has 1 amide bonds. The molecule has 1 aliphatic rings. The molecule has 5 rings (SSSR count). The summed E-state index contributed by atoms with van der Waals surface area (Å²) in [5.74, 6) is -0.0619. The van der Waals surface area contributed by atoms with Crippen LogP contribution in [-0.2, 0) is 0 Å². The molecule has 9 nitrogen and oxygen atoms in total. The number of alkyl halides is 1. The fourth-order valence-corrected chi connectivity index (χ4v) is 4.73. The largest absolute Gasteiger partial charge is 0.277 e. The third kappa shape index (κ3) is 4.49. The van der Waals surface area contributed by atoms with Crippen molar-refractivity contribution in [2.45, 2.75) is 4.05 Å². The van der Waals surface area contributed by atoms with Gasteiger partial charge in [0, 0.05) is 33.8 Å². The number of rotatable bonds is 5. The number of carbonyl (C=O) groups is 1. The van der Waals surface area contributed by atoms with E-state index in [1.165, 1.54) is 12.1 Å². The molecule has 1 aliphatic heterocycles. The van der Waals surface area contributed by atoms with E-state index < -0.39 is 14.9 Å². The minimum atomic E-state index is -0.470. The number of amidine groups is 1. The quantitative estimate of drug-likeness (QED) is 0.0989. The van der Waals surface area contributed by atoms with Crippen LogP contribution in [0.25, 0.3) is 11.3 Å². The van der Waals surface area contributed by atoms with Gasteiger partial charge >= 0.3 is 0 Å². The molecule has 1 aromatic heterocycles. The molecule has 3 aromatic carbocycles. The predicted molar refractivity (Wildman–Crippen MR) is 141 cm³/mol. The standard InChI is InChI=1S/C24H16ClIN6O3/c25-17-10-4-9-16(12-17)24(33)30-31-22(26)21-20(19(28-29-21)14-6-2-1-3-7-14)27-23(31)15-8-5-11-18(13-15)32(34)35/h1-13,22H,(H,28,29)(H,30,33). The van der Waals surface area contributed by atoms with Gasteiger partial charge in [-0.3, -0.25) is 25.4 Å². The summed E-state index contributed by atoms with van der Waals surface area (Å²) in [5, 5.41) is 20.9. The average Bonchev–Trinajstić information content (AvgIpc) is 3.30. The maximum Gasteiger partial charge on any atom is 0.270 e. The number of carbonyl (C=O) groups excluding carboxylic acids is 1. The molecule has 35 heavy (non-hydrogen) atoms. The summed E-state index contributed by atoms with van der Waals surface area (Å²) in [6.45, 7) is 0. The lowest BCUT2D eigenvalue weighted by Gasteiger charge is -2.33. The van der Waals surface area contributed by atoms with Gasteiger partial charge in [-0.2, -0.15) is 5.10 Å². The van der Waals surface area contributed by atoms with Crippen molar-refractivity contribution in [3.05, 3.63) is 111 Å². The summed E-state index contributed by atoms with van der Waals surface area (Å²) in [6.07, 6.45) is 0. The summed E-state index contributed by atoms with van der Waals surface area (Å²) in [4.78, 5) is 28.9. The Morgan fingerprint density at radius 3 is 2.54 bits per heavy atom. The number of nitro groups is 1. The number of fused-ring (bicyclic) bond motifs is 1. The highest BCUT2D eigenvalue weighted by Gasteiger charge is 2.34. The number of hydrazine groups is 1. The van der Waals surface area contributed by atoms with Crippen molar-refractivity contribution in [1.29, 1.82) is 0 Å². The summed E-state index contributed by atoms with van der Waals surface area (Å²) in [5.41, 5.74) is 6.42. The van der Waals surface area contributed by atoms with Crippen molar-refractivity contribution in [3.8, 4) is 11.3 Å². The second-order valence-electron chi connectivity index (χ2n) is 7.60. The third-order valence-electron chi connectivity index (χ3n) is 5.35. The molecular weight excluding hydrogens is 583 g/mol. The van der Waals surface area contributed by atoms with Gasteiger partial charge in [-0.25, -0.2) is 10.0 Å². The zero-order valence-electron chi connectivity index (χ0n) is 17.9. The molecule has 0 radical (unpaired) electrons. The highest BCUT2D eigenvalue weighted by molar-refractivity contribution is 14.1. The minimum Gasteiger partial charge on any atom is -0.277 e. The Bertz CT molecular complexity index is 1470. The molecule has 174 valence electrons. The van der Waals surface area contributed by atoms with Crippen molar-refractivity contribution < 1.29 is 9.72 Å². The molecule has 0 saturated carbocycles. The number of H-pyrrole nitrogens is 1. The first-order chi connectivity index (χ1) is 16.9. The van der Waals surface area contributed by atoms with Gasteiger partial charge in [-0.15, -0.1) is 0 Å². The van der Waals surface area contributed by atoms with Gasteiger partial charge in [0.2, 0.25) is 0 Å². The van der Waals surface area contributed by atoms with E-state index in [4.69, 9.17) is 16.6 Å². The topological polar surface area (TPSA) is 117 Å². The molecule has 0 bridgehead atoms. The number of aromatic amines is 1. The monoisotopic (exact) mass is 598 g/mol. The summed E-state index contributed by atoms with van der Waals surface area (Å²) in [7, 11) is 0. The number of nitrogens with one attached hydrogen (secondary N) is 2. The molecular formula is C24H16ClIN6O3. The van der Waals surface area contributed by atoms with Crippen LogP contribution in [0, 0.1) is 10.1 Å². The number of nitrogens with zero attached hydrogens (tertiary/aromatic N) is 4. The number of hydrogen-bond acceptors (Lipinski definition) is 6. The molecule has 2 heterocycles. The first-order valence-corrected chi connectivity index (χ1v) is 12.0. The number of benzene rings is 3. The van der Waals surface area contributed by atoms with Gasteiger partial charge < -0.3 is 0 Å². The van der Waals surface area contributed by atoms with E-state index in [0.29, 0.717) is 39.1 Å². The van der Waals surface area contributed by atoms with Gasteiger partial charge in [0.15, 0.2) is 5.84 Å². The highest BCUT2D eigenvalue weighted by atomic mass is 127. The lowest BCUT2D eigenvalue weighted by molar-refractivity contribution is -0.384. The molecule has 0 saturated heterocycles.